The molecule has 1 N–H and O–H groups in total. The molecule has 1 amide bonds. The molecule has 0 unspecified atom stereocenters. The standard InChI is InChI=1S/C24H23N3O2/c1-17-9-8-10-18(2)24(17)26-23(28)15-27-21-14-7-6-13-20(21)25-22(27)16-29-19-11-4-3-5-12-19/h3-14H,15-16H2,1-2H3,(H,26,28). The lowest BCUT2D eigenvalue weighted by molar-refractivity contribution is -0.116. The van der Waals surface area contributed by atoms with Crippen molar-refractivity contribution >= 4 is 22.6 Å². The first-order valence-electron chi connectivity index (χ1n) is 9.60. The van der Waals surface area contributed by atoms with E-state index in [0.717, 1.165) is 33.6 Å². The van der Waals surface area contributed by atoms with Crippen LogP contribution in [0.4, 0.5) is 5.69 Å². The van der Waals surface area contributed by atoms with Gasteiger partial charge in [0.05, 0.1) is 11.0 Å². The van der Waals surface area contributed by atoms with Crippen LogP contribution in [0.15, 0.2) is 72.8 Å². The Balaban J connectivity index is 1.59. The highest BCUT2D eigenvalue weighted by Gasteiger charge is 2.15. The number of fused-ring (bicyclic) bond motifs is 1. The van der Waals surface area contributed by atoms with Crippen molar-refractivity contribution in [2.45, 2.75) is 27.0 Å². The lowest BCUT2D eigenvalue weighted by atomic mass is 10.1. The van der Waals surface area contributed by atoms with Gasteiger partial charge in [0, 0.05) is 5.69 Å². The van der Waals surface area contributed by atoms with Crippen molar-refractivity contribution in [1.82, 2.24) is 9.55 Å². The van der Waals surface area contributed by atoms with Crippen LogP contribution in [0.25, 0.3) is 11.0 Å². The molecule has 0 aliphatic carbocycles. The molecular weight excluding hydrogens is 362 g/mol. The van der Waals surface area contributed by atoms with Gasteiger partial charge in [0.1, 0.15) is 24.7 Å². The Morgan fingerprint density at radius 1 is 0.931 bits per heavy atom. The van der Waals surface area contributed by atoms with E-state index in [9.17, 15) is 4.79 Å². The first kappa shape index (κ1) is 18.7. The molecule has 0 saturated heterocycles. The van der Waals surface area contributed by atoms with Gasteiger partial charge in [-0.2, -0.15) is 0 Å². The fourth-order valence-corrected chi connectivity index (χ4v) is 3.41. The summed E-state index contributed by atoms with van der Waals surface area (Å²) in [5.74, 6) is 1.39. The number of nitrogens with one attached hydrogen (secondary N) is 1. The number of ether oxygens (including phenoxy) is 1. The Morgan fingerprint density at radius 3 is 2.38 bits per heavy atom. The van der Waals surface area contributed by atoms with E-state index in [4.69, 9.17) is 4.74 Å². The van der Waals surface area contributed by atoms with Gasteiger partial charge in [-0.15, -0.1) is 0 Å². The number of carbonyl (C=O) groups excluding carboxylic acids is 1. The number of hydrogen-bond acceptors (Lipinski definition) is 3. The van der Waals surface area contributed by atoms with Crippen molar-refractivity contribution in [3.05, 3.63) is 89.7 Å². The molecule has 0 bridgehead atoms. The lowest BCUT2D eigenvalue weighted by Crippen LogP contribution is -2.21. The van der Waals surface area contributed by atoms with Crippen molar-refractivity contribution < 1.29 is 9.53 Å². The van der Waals surface area contributed by atoms with Gasteiger partial charge in [0.25, 0.3) is 0 Å². The zero-order chi connectivity index (χ0) is 20.2. The number of benzene rings is 3. The molecule has 5 nitrogen and oxygen atoms in total. The van der Waals surface area contributed by atoms with Crippen molar-refractivity contribution in [3.63, 3.8) is 0 Å². The van der Waals surface area contributed by atoms with Crippen molar-refractivity contribution in [2.75, 3.05) is 5.32 Å². The third-order valence-corrected chi connectivity index (χ3v) is 4.89. The number of para-hydroxylation sites is 4. The van der Waals surface area contributed by atoms with E-state index in [1.165, 1.54) is 0 Å². The van der Waals surface area contributed by atoms with E-state index in [1.807, 2.05) is 91.2 Å². The van der Waals surface area contributed by atoms with E-state index >= 15 is 0 Å². The maximum absolute atomic E-state index is 12.9. The SMILES string of the molecule is Cc1cccc(C)c1NC(=O)Cn1c(COc2ccccc2)nc2ccccc21. The van der Waals surface area contributed by atoms with Crippen LogP contribution in [0.1, 0.15) is 17.0 Å². The van der Waals surface area contributed by atoms with Crippen LogP contribution in [0, 0.1) is 13.8 Å². The average molecular weight is 385 g/mol. The number of hydrogen-bond donors (Lipinski definition) is 1. The fraction of sp³-hybridized carbons (Fsp3) is 0.167. The summed E-state index contributed by atoms with van der Waals surface area (Å²) in [6, 6.07) is 23.4. The van der Waals surface area contributed by atoms with Crippen LogP contribution in [-0.4, -0.2) is 15.5 Å². The number of imidazole rings is 1. The van der Waals surface area contributed by atoms with E-state index < -0.39 is 0 Å². The molecule has 5 heteroatoms. The molecule has 0 saturated carbocycles. The van der Waals surface area contributed by atoms with E-state index in [-0.39, 0.29) is 19.1 Å². The minimum Gasteiger partial charge on any atom is -0.486 e. The molecule has 4 aromatic rings. The summed E-state index contributed by atoms with van der Waals surface area (Å²) in [4.78, 5) is 17.5. The van der Waals surface area contributed by atoms with Crippen molar-refractivity contribution in [2.24, 2.45) is 0 Å². The summed E-state index contributed by atoms with van der Waals surface area (Å²) >= 11 is 0. The predicted molar refractivity (Wildman–Crippen MR) is 115 cm³/mol. The minimum atomic E-state index is -0.0912. The molecule has 0 aliphatic heterocycles. The summed E-state index contributed by atoms with van der Waals surface area (Å²) in [5.41, 5.74) is 4.71. The molecule has 1 aromatic heterocycles. The number of carbonyl (C=O) groups is 1. The zero-order valence-corrected chi connectivity index (χ0v) is 16.6. The van der Waals surface area contributed by atoms with Crippen LogP contribution >= 0.6 is 0 Å². The largest absolute Gasteiger partial charge is 0.486 e. The summed E-state index contributed by atoms with van der Waals surface area (Å²) in [5, 5.41) is 3.05. The van der Waals surface area contributed by atoms with Gasteiger partial charge in [-0.05, 0) is 49.2 Å². The maximum Gasteiger partial charge on any atom is 0.244 e. The average Bonchev–Trinajstić information content (AvgIpc) is 3.07. The van der Waals surface area contributed by atoms with Crippen LogP contribution in [-0.2, 0) is 17.9 Å². The summed E-state index contributed by atoms with van der Waals surface area (Å²) in [7, 11) is 0. The Labute approximate surface area is 170 Å². The smallest absolute Gasteiger partial charge is 0.244 e. The molecule has 0 fully saturated rings. The molecule has 3 aromatic carbocycles. The Kier molecular flexibility index (Phi) is 5.29. The maximum atomic E-state index is 12.9. The fourth-order valence-electron chi connectivity index (χ4n) is 3.41. The molecule has 4 rings (SSSR count). The highest BCUT2D eigenvalue weighted by atomic mass is 16.5. The molecule has 0 atom stereocenters. The van der Waals surface area contributed by atoms with E-state index in [0.29, 0.717) is 5.82 Å². The number of aromatic nitrogens is 2. The van der Waals surface area contributed by atoms with Crippen LogP contribution in [0.5, 0.6) is 5.75 Å². The normalized spacial score (nSPS) is 10.8. The molecule has 0 aliphatic rings. The van der Waals surface area contributed by atoms with Gasteiger partial charge >= 0.3 is 0 Å². The van der Waals surface area contributed by atoms with Crippen molar-refractivity contribution in [1.29, 1.82) is 0 Å². The summed E-state index contributed by atoms with van der Waals surface area (Å²) < 4.78 is 7.80. The monoisotopic (exact) mass is 385 g/mol. The third-order valence-electron chi connectivity index (χ3n) is 4.89. The predicted octanol–water partition coefficient (Wildman–Crippen LogP) is 4.87. The minimum absolute atomic E-state index is 0.0912. The van der Waals surface area contributed by atoms with E-state index in [1.54, 1.807) is 0 Å². The second-order valence-electron chi connectivity index (χ2n) is 7.02. The number of nitrogens with zero attached hydrogens (tertiary/aromatic N) is 2. The number of anilines is 1. The molecular formula is C24H23N3O2. The lowest BCUT2D eigenvalue weighted by Gasteiger charge is -2.14. The van der Waals surface area contributed by atoms with Crippen LogP contribution in [0.3, 0.4) is 0 Å². The third kappa shape index (κ3) is 4.14. The summed E-state index contributed by atoms with van der Waals surface area (Å²) in [6.45, 7) is 4.44. The van der Waals surface area contributed by atoms with E-state index in [2.05, 4.69) is 10.3 Å². The molecule has 0 spiro atoms. The number of rotatable bonds is 6. The van der Waals surface area contributed by atoms with Gasteiger partial charge in [0.15, 0.2) is 0 Å². The Hall–Kier alpha value is -3.60. The van der Waals surface area contributed by atoms with Gasteiger partial charge in [-0.1, -0.05) is 48.5 Å². The highest BCUT2D eigenvalue weighted by Crippen LogP contribution is 2.21. The van der Waals surface area contributed by atoms with Gasteiger partial charge in [0.2, 0.25) is 5.91 Å². The molecule has 29 heavy (non-hydrogen) atoms. The van der Waals surface area contributed by atoms with Gasteiger partial charge in [-0.3, -0.25) is 4.79 Å². The molecule has 0 radical (unpaired) electrons. The first-order valence-corrected chi connectivity index (χ1v) is 9.60. The number of aryl methyl sites for hydroxylation is 2. The second kappa shape index (κ2) is 8.19. The van der Waals surface area contributed by atoms with Crippen molar-refractivity contribution in [3.8, 4) is 5.75 Å². The number of amides is 1. The topological polar surface area (TPSA) is 56.2 Å². The Morgan fingerprint density at radius 2 is 1.62 bits per heavy atom. The Bertz CT molecular complexity index is 1130. The van der Waals surface area contributed by atoms with Gasteiger partial charge in [-0.25, -0.2) is 4.98 Å². The highest BCUT2D eigenvalue weighted by molar-refractivity contribution is 5.93. The van der Waals surface area contributed by atoms with Crippen LogP contribution in [0.2, 0.25) is 0 Å². The molecule has 146 valence electrons. The first-order chi connectivity index (χ1) is 14.1. The zero-order valence-electron chi connectivity index (χ0n) is 16.6. The molecule has 1 heterocycles. The quantitative estimate of drug-likeness (QED) is 0.515. The second-order valence-corrected chi connectivity index (χ2v) is 7.02. The van der Waals surface area contributed by atoms with Crippen LogP contribution < -0.4 is 10.1 Å². The van der Waals surface area contributed by atoms with Gasteiger partial charge < -0.3 is 14.6 Å². The summed E-state index contributed by atoms with van der Waals surface area (Å²) in [6.07, 6.45) is 0.